The average molecular weight is 400 g/mol. The SMILES string of the molecule is CN=C(NCCOc1ccc(F)cc1F)NCc1ncc(-c2ccc(C)cc2)o1. The molecule has 152 valence electrons. The molecule has 0 unspecified atom stereocenters. The van der Waals surface area contributed by atoms with Crippen LogP contribution in [0.4, 0.5) is 8.78 Å². The van der Waals surface area contributed by atoms with E-state index >= 15 is 0 Å². The van der Waals surface area contributed by atoms with Gasteiger partial charge in [0.25, 0.3) is 0 Å². The highest BCUT2D eigenvalue weighted by molar-refractivity contribution is 5.79. The van der Waals surface area contributed by atoms with Gasteiger partial charge in [-0.15, -0.1) is 0 Å². The molecule has 3 rings (SSSR count). The van der Waals surface area contributed by atoms with E-state index < -0.39 is 11.6 Å². The number of guanidine groups is 1. The van der Waals surface area contributed by atoms with Gasteiger partial charge in [0, 0.05) is 18.7 Å². The quantitative estimate of drug-likeness (QED) is 0.360. The summed E-state index contributed by atoms with van der Waals surface area (Å²) < 4.78 is 37.4. The molecule has 0 amide bonds. The fourth-order valence-corrected chi connectivity index (χ4v) is 2.55. The van der Waals surface area contributed by atoms with Gasteiger partial charge in [-0.3, -0.25) is 4.99 Å². The number of hydrogen-bond acceptors (Lipinski definition) is 4. The van der Waals surface area contributed by atoms with Crippen molar-refractivity contribution < 1.29 is 17.9 Å². The third kappa shape index (κ3) is 5.78. The van der Waals surface area contributed by atoms with Crippen LogP contribution in [0.5, 0.6) is 5.75 Å². The summed E-state index contributed by atoms with van der Waals surface area (Å²) in [6.07, 6.45) is 1.68. The lowest BCUT2D eigenvalue weighted by Crippen LogP contribution is -2.39. The normalized spacial score (nSPS) is 11.4. The van der Waals surface area contributed by atoms with Crippen molar-refractivity contribution in [2.75, 3.05) is 20.2 Å². The Bertz CT molecular complexity index is 971. The average Bonchev–Trinajstić information content (AvgIpc) is 3.18. The highest BCUT2D eigenvalue weighted by Crippen LogP contribution is 2.20. The molecule has 1 aromatic heterocycles. The molecule has 0 spiro atoms. The Morgan fingerprint density at radius 2 is 1.93 bits per heavy atom. The number of hydrogen-bond donors (Lipinski definition) is 2. The van der Waals surface area contributed by atoms with Crippen LogP contribution in [0.2, 0.25) is 0 Å². The van der Waals surface area contributed by atoms with Crippen LogP contribution in [0, 0.1) is 18.6 Å². The molecule has 3 aromatic rings. The van der Waals surface area contributed by atoms with Crippen LogP contribution in [-0.4, -0.2) is 31.1 Å². The predicted molar refractivity (Wildman–Crippen MR) is 107 cm³/mol. The fourth-order valence-electron chi connectivity index (χ4n) is 2.55. The van der Waals surface area contributed by atoms with Crippen LogP contribution >= 0.6 is 0 Å². The maximum Gasteiger partial charge on any atom is 0.214 e. The molecule has 0 atom stereocenters. The van der Waals surface area contributed by atoms with Crippen molar-refractivity contribution in [2.24, 2.45) is 4.99 Å². The van der Waals surface area contributed by atoms with Gasteiger partial charge in [0.1, 0.15) is 12.4 Å². The lowest BCUT2D eigenvalue weighted by Gasteiger charge is -2.11. The topological polar surface area (TPSA) is 71.7 Å². The zero-order valence-electron chi connectivity index (χ0n) is 16.2. The van der Waals surface area contributed by atoms with Gasteiger partial charge >= 0.3 is 0 Å². The molecule has 2 N–H and O–H groups in total. The number of nitrogens with zero attached hydrogens (tertiary/aromatic N) is 2. The molecule has 0 saturated carbocycles. The second-order valence-electron chi connectivity index (χ2n) is 6.26. The molecular weight excluding hydrogens is 378 g/mol. The van der Waals surface area contributed by atoms with Crippen molar-refractivity contribution in [3.05, 3.63) is 71.8 Å². The molecule has 29 heavy (non-hydrogen) atoms. The number of aryl methyl sites for hydroxylation is 1. The Hall–Kier alpha value is -3.42. The van der Waals surface area contributed by atoms with Crippen LogP contribution < -0.4 is 15.4 Å². The minimum atomic E-state index is -0.735. The molecule has 0 aliphatic heterocycles. The van der Waals surface area contributed by atoms with Crippen molar-refractivity contribution in [1.82, 2.24) is 15.6 Å². The smallest absolute Gasteiger partial charge is 0.214 e. The summed E-state index contributed by atoms with van der Waals surface area (Å²) in [6, 6.07) is 11.2. The first kappa shape index (κ1) is 20.3. The first-order valence-electron chi connectivity index (χ1n) is 9.09. The Morgan fingerprint density at radius 3 is 2.66 bits per heavy atom. The molecule has 0 saturated heterocycles. The van der Waals surface area contributed by atoms with Crippen molar-refractivity contribution in [3.8, 4) is 17.1 Å². The van der Waals surface area contributed by atoms with E-state index in [0.717, 1.165) is 17.7 Å². The number of benzene rings is 2. The standard InChI is InChI=1S/C21H22F2N4O2/c1-14-3-5-15(6-4-14)19-12-26-20(29-19)13-27-21(24-2)25-9-10-28-18-8-7-16(22)11-17(18)23/h3-8,11-12H,9-10,13H2,1-2H3,(H2,24,25,27). The van der Waals surface area contributed by atoms with Gasteiger partial charge in [-0.25, -0.2) is 13.8 Å². The first-order valence-corrected chi connectivity index (χ1v) is 9.09. The maximum absolute atomic E-state index is 13.5. The summed E-state index contributed by atoms with van der Waals surface area (Å²) >= 11 is 0. The van der Waals surface area contributed by atoms with Gasteiger partial charge < -0.3 is 19.8 Å². The molecule has 0 fully saturated rings. The van der Waals surface area contributed by atoms with Crippen LogP contribution in [0.25, 0.3) is 11.3 Å². The molecule has 0 aliphatic carbocycles. The Balaban J connectivity index is 1.44. The molecular formula is C21H22F2N4O2. The minimum absolute atomic E-state index is 0.000401. The van der Waals surface area contributed by atoms with Crippen molar-refractivity contribution in [2.45, 2.75) is 13.5 Å². The Kier molecular flexibility index (Phi) is 6.78. The second kappa shape index (κ2) is 9.68. The number of aromatic nitrogens is 1. The van der Waals surface area contributed by atoms with Crippen molar-refractivity contribution >= 4 is 5.96 Å². The number of halogens is 2. The highest BCUT2D eigenvalue weighted by atomic mass is 19.1. The van der Waals surface area contributed by atoms with Crippen LogP contribution in [-0.2, 0) is 6.54 Å². The van der Waals surface area contributed by atoms with E-state index in [0.29, 0.717) is 30.7 Å². The molecule has 1 heterocycles. The van der Waals surface area contributed by atoms with Gasteiger partial charge in [0.05, 0.1) is 19.3 Å². The molecule has 2 aromatic carbocycles. The second-order valence-corrected chi connectivity index (χ2v) is 6.26. The van der Waals surface area contributed by atoms with Crippen LogP contribution in [0.1, 0.15) is 11.5 Å². The summed E-state index contributed by atoms with van der Waals surface area (Å²) in [5, 5.41) is 6.11. The van der Waals surface area contributed by atoms with Gasteiger partial charge in [-0.2, -0.15) is 0 Å². The summed E-state index contributed by atoms with van der Waals surface area (Å²) in [5.74, 6) is 0.353. The van der Waals surface area contributed by atoms with Gasteiger partial charge in [-0.1, -0.05) is 29.8 Å². The number of oxazole rings is 1. The van der Waals surface area contributed by atoms with Crippen molar-refractivity contribution in [1.29, 1.82) is 0 Å². The first-order chi connectivity index (χ1) is 14.0. The number of ether oxygens (including phenoxy) is 1. The lowest BCUT2D eigenvalue weighted by molar-refractivity contribution is 0.304. The number of rotatable bonds is 7. The van der Waals surface area contributed by atoms with Gasteiger partial charge in [0.2, 0.25) is 5.89 Å². The van der Waals surface area contributed by atoms with Crippen LogP contribution in [0.3, 0.4) is 0 Å². The minimum Gasteiger partial charge on any atom is -0.489 e. The van der Waals surface area contributed by atoms with E-state index in [4.69, 9.17) is 9.15 Å². The summed E-state index contributed by atoms with van der Waals surface area (Å²) in [6.45, 7) is 2.93. The van der Waals surface area contributed by atoms with Crippen LogP contribution in [0.15, 0.2) is 58.1 Å². The number of nitrogens with one attached hydrogen (secondary N) is 2. The molecule has 0 aliphatic rings. The Morgan fingerprint density at radius 1 is 1.14 bits per heavy atom. The maximum atomic E-state index is 13.5. The molecule has 8 heteroatoms. The highest BCUT2D eigenvalue weighted by Gasteiger charge is 2.08. The van der Waals surface area contributed by atoms with Crippen molar-refractivity contribution in [3.63, 3.8) is 0 Å². The summed E-state index contributed by atoms with van der Waals surface area (Å²) in [5.41, 5.74) is 2.14. The Labute approximate surface area is 167 Å². The zero-order valence-corrected chi connectivity index (χ0v) is 16.2. The molecule has 0 radical (unpaired) electrons. The number of aliphatic imine (C=N–C) groups is 1. The van der Waals surface area contributed by atoms with E-state index in [1.54, 1.807) is 13.2 Å². The predicted octanol–water partition coefficient (Wildman–Crippen LogP) is 3.67. The third-order valence-electron chi connectivity index (χ3n) is 4.07. The third-order valence-corrected chi connectivity index (χ3v) is 4.07. The zero-order chi connectivity index (χ0) is 20.6. The van der Waals surface area contributed by atoms with E-state index in [1.807, 2.05) is 31.2 Å². The van der Waals surface area contributed by atoms with E-state index in [9.17, 15) is 8.78 Å². The van der Waals surface area contributed by atoms with E-state index in [1.165, 1.54) is 11.6 Å². The van der Waals surface area contributed by atoms with E-state index in [2.05, 4.69) is 20.6 Å². The van der Waals surface area contributed by atoms with Gasteiger partial charge in [-0.05, 0) is 19.1 Å². The largest absolute Gasteiger partial charge is 0.489 e. The molecule has 0 bridgehead atoms. The fraction of sp³-hybridized carbons (Fsp3) is 0.238. The molecule has 6 nitrogen and oxygen atoms in total. The summed E-state index contributed by atoms with van der Waals surface area (Å²) in [4.78, 5) is 8.36. The monoisotopic (exact) mass is 400 g/mol. The van der Waals surface area contributed by atoms with E-state index in [-0.39, 0.29) is 12.4 Å². The van der Waals surface area contributed by atoms with Gasteiger partial charge in [0.15, 0.2) is 23.3 Å². The lowest BCUT2D eigenvalue weighted by atomic mass is 10.1. The summed E-state index contributed by atoms with van der Waals surface area (Å²) in [7, 11) is 1.63.